The fraction of sp³-hybridized carbons (Fsp3) is 0.250. The van der Waals surface area contributed by atoms with E-state index in [9.17, 15) is 9.59 Å². The number of hydrogen-bond donors (Lipinski definition) is 2. The molecule has 0 saturated carbocycles. The van der Waals surface area contributed by atoms with Gasteiger partial charge in [-0.05, 0) is 37.0 Å². The largest absolute Gasteiger partial charge is 0.465 e. The van der Waals surface area contributed by atoms with Gasteiger partial charge in [-0.3, -0.25) is 4.79 Å². The zero-order valence-corrected chi connectivity index (χ0v) is 17.0. The van der Waals surface area contributed by atoms with Crippen LogP contribution >= 0.6 is 0 Å². The first kappa shape index (κ1) is 20.4. The summed E-state index contributed by atoms with van der Waals surface area (Å²) in [6.45, 7) is 4.02. The summed E-state index contributed by atoms with van der Waals surface area (Å²) >= 11 is 0. The molecule has 1 amide bonds. The molecule has 150 valence electrons. The van der Waals surface area contributed by atoms with Gasteiger partial charge in [0.25, 0.3) is 5.91 Å². The average Bonchev–Trinajstić information content (AvgIpc) is 3.06. The van der Waals surface area contributed by atoms with E-state index in [4.69, 9.17) is 4.74 Å². The molecule has 0 saturated heterocycles. The van der Waals surface area contributed by atoms with E-state index in [0.29, 0.717) is 29.1 Å². The molecule has 3 rings (SSSR count). The fourth-order valence-corrected chi connectivity index (χ4v) is 3.70. The van der Waals surface area contributed by atoms with Crippen molar-refractivity contribution in [2.24, 2.45) is 0 Å². The normalized spacial score (nSPS) is 10.8. The number of aromatic nitrogens is 1. The highest BCUT2D eigenvalue weighted by Gasteiger charge is 2.22. The second kappa shape index (κ2) is 9.24. The molecule has 29 heavy (non-hydrogen) atoms. The zero-order valence-electron chi connectivity index (χ0n) is 17.0. The summed E-state index contributed by atoms with van der Waals surface area (Å²) in [6, 6.07) is 20.6. The van der Waals surface area contributed by atoms with Crippen molar-refractivity contribution in [2.45, 2.75) is 26.2 Å². The topological polar surface area (TPSA) is 71.2 Å². The van der Waals surface area contributed by atoms with E-state index >= 15 is 0 Å². The van der Waals surface area contributed by atoms with E-state index in [-0.39, 0.29) is 11.8 Å². The van der Waals surface area contributed by atoms with Gasteiger partial charge >= 0.3 is 5.97 Å². The van der Waals surface area contributed by atoms with Gasteiger partial charge in [0.1, 0.15) is 5.69 Å². The summed E-state index contributed by atoms with van der Waals surface area (Å²) in [5, 5.41) is 2.98. The number of aryl methyl sites for hydroxylation is 1. The molecular formula is C24H26N2O3. The van der Waals surface area contributed by atoms with Crippen molar-refractivity contribution < 1.29 is 14.3 Å². The van der Waals surface area contributed by atoms with Crippen LogP contribution in [0.4, 0.5) is 0 Å². The second-order valence-electron chi connectivity index (χ2n) is 7.04. The second-order valence-corrected chi connectivity index (χ2v) is 7.04. The highest BCUT2D eigenvalue weighted by Crippen LogP contribution is 2.27. The van der Waals surface area contributed by atoms with Crippen LogP contribution in [-0.4, -0.2) is 30.5 Å². The van der Waals surface area contributed by atoms with Crippen LogP contribution in [0.1, 0.15) is 55.6 Å². The third-order valence-corrected chi connectivity index (χ3v) is 5.18. The van der Waals surface area contributed by atoms with Crippen molar-refractivity contribution in [1.82, 2.24) is 10.3 Å². The average molecular weight is 390 g/mol. The quantitative estimate of drug-likeness (QED) is 0.589. The molecule has 0 unspecified atom stereocenters. The molecule has 0 aliphatic heterocycles. The van der Waals surface area contributed by atoms with Crippen LogP contribution < -0.4 is 5.32 Å². The summed E-state index contributed by atoms with van der Waals surface area (Å²) in [5.41, 5.74) is 4.49. The minimum Gasteiger partial charge on any atom is -0.465 e. The van der Waals surface area contributed by atoms with Crippen LogP contribution in [0.3, 0.4) is 0 Å². The van der Waals surface area contributed by atoms with Gasteiger partial charge in [-0.2, -0.15) is 0 Å². The van der Waals surface area contributed by atoms with E-state index in [0.717, 1.165) is 6.42 Å². The molecule has 0 aliphatic carbocycles. The van der Waals surface area contributed by atoms with Crippen molar-refractivity contribution in [2.75, 3.05) is 13.7 Å². The number of rotatable bonds is 7. The van der Waals surface area contributed by atoms with E-state index < -0.39 is 5.97 Å². The van der Waals surface area contributed by atoms with Crippen molar-refractivity contribution in [1.29, 1.82) is 0 Å². The van der Waals surface area contributed by atoms with Crippen molar-refractivity contribution in [3.63, 3.8) is 0 Å². The summed E-state index contributed by atoms with van der Waals surface area (Å²) in [6.07, 6.45) is 0.766. The Bertz CT molecular complexity index is 939. The summed E-state index contributed by atoms with van der Waals surface area (Å²) < 4.78 is 4.81. The summed E-state index contributed by atoms with van der Waals surface area (Å²) in [5.74, 6) is -0.473. The molecule has 0 radical (unpaired) electrons. The lowest BCUT2D eigenvalue weighted by atomic mass is 9.88. The van der Waals surface area contributed by atoms with Crippen molar-refractivity contribution >= 4 is 11.9 Å². The number of amides is 1. The summed E-state index contributed by atoms with van der Waals surface area (Å²) in [4.78, 5) is 27.7. The molecule has 2 N–H and O–H groups in total. The molecule has 0 spiro atoms. The number of benzene rings is 2. The van der Waals surface area contributed by atoms with Crippen molar-refractivity contribution in [3.05, 3.63) is 94.3 Å². The van der Waals surface area contributed by atoms with Crippen LogP contribution in [0.2, 0.25) is 0 Å². The number of hydrogen-bond acceptors (Lipinski definition) is 3. The van der Waals surface area contributed by atoms with Crippen LogP contribution in [0, 0.1) is 13.8 Å². The highest BCUT2D eigenvalue weighted by atomic mass is 16.5. The number of methoxy groups -OCH3 is 1. The molecule has 5 nitrogen and oxygen atoms in total. The number of esters is 1. The predicted octanol–water partition coefficient (Wildman–Crippen LogP) is 4.37. The lowest BCUT2D eigenvalue weighted by Gasteiger charge is -2.18. The maximum absolute atomic E-state index is 12.7. The van der Waals surface area contributed by atoms with Gasteiger partial charge < -0.3 is 15.0 Å². The zero-order chi connectivity index (χ0) is 20.8. The van der Waals surface area contributed by atoms with E-state index in [1.807, 2.05) is 36.4 Å². The van der Waals surface area contributed by atoms with Gasteiger partial charge in [-0.25, -0.2) is 4.79 Å². The monoisotopic (exact) mass is 390 g/mol. The van der Waals surface area contributed by atoms with Crippen LogP contribution in [0.15, 0.2) is 60.7 Å². The number of nitrogens with one attached hydrogen (secondary N) is 2. The molecule has 0 fully saturated rings. The number of carbonyl (C=O) groups is 2. The molecule has 1 aromatic heterocycles. The Labute approximate surface area is 171 Å². The molecule has 1 heterocycles. The minimum absolute atomic E-state index is 0.190. The van der Waals surface area contributed by atoms with Gasteiger partial charge in [-0.1, -0.05) is 60.7 Å². The number of carbonyl (C=O) groups excluding carboxylic acids is 2. The Morgan fingerprint density at radius 2 is 1.52 bits per heavy atom. The predicted molar refractivity (Wildman–Crippen MR) is 113 cm³/mol. The molecule has 5 heteroatoms. The highest BCUT2D eigenvalue weighted by molar-refractivity contribution is 6.00. The van der Waals surface area contributed by atoms with Crippen molar-refractivity contribution in [3.8, 4) is 0 Å². The Hall–Kier alpha value is -3.34. The van der Waals surface area contributed by atoms with E-state index in [1.165, 1.54) is 18.2 Å². The first-order valence-electron chi connectivity index (χ1n) is 9.68. The molecule has 2 aromatic carbocycles. The van der Waals surface area contributed by atoms with Crippen LogP contribution in [0.5, 0.6) is 0 Å². The van der Waals surface area contributed by atoms with Gasteiger partial charge in [0.05, 0.1) is 12.7 Å². The van der Waals surface area contributed by atoms with Crippen LogP contribution in [0.25, 0.3) is 0 Å². The maximum Gasteiger partial charge on any atom is 0.339 e. The molecule has 3 aromatic rings. The fourth-order valence-electron chi connectivity index (χ4n) is 3.70. The smallest absolute Gasteiger partial charge is 0.339 e. The number of aromatic amines is 1. The lowest BCUT2D eigenvalue weighted by Crippen LogP contribution is -2.27. The number of H-pyrrole nitrogens is 1. The van der Waals surface area contributed by atoms with Gasteiger partial charge in [0, 0.05) is 18.2 Å². The first-order chi connectivity index (χ1) is 14.0. The Morgan fingerprint density at radius 3 is 2.03 bits per heavy atom. The van der Waals surface area contributed by atoms with Crippen LogP contribution in [-0.2, 0) is 4.74 Å². The SMILES string of the molecule is COC(=O)c1c(C)[nH]c(C(=O)NCCC(c2ccccc2)c2ccccc2)c1C. The molecule has 0 bridgehead atoms. The Morgan fingerprint density at radius 1 is 0.966 bits per heavy atom. The van der Waals surface area contributed by atoms with Gasteiger partial charge in [-0.15, -0.1) is 0 Å². The summed E-state index contributed by atoms with van der Waals surface area (Å²) in [7, 11) is 1.33. The van der Waals surface area contributed by atoms with E-state index in [2.05, 4.69) is 34.6 Å². The molecule has 0 atom stereocenters. The Kier molecular flexibility index (Phi) is 6.50. The van der Waals surface area contributed by atoms with E-state index in [1.54, 1.807) is 13.8 Å². The third-order valence-electron chi connectivity index (χ3n) is 5.18. The van der Waals surface area contributed by atoms with Gasteiger partial charge in [0.15, 0.2) is 0 Å². The maximum atomic E-state index is 12.7. The Balaban J connectivity index is 1.72. The molecule has 0 aliphatic rings. The standard InChI is InChI=1S/C24H26N2O3/c1-16-21(24(28)29-3)17(2)26-22(16)23(27)25-15-14-20(18-10-6-4-7-11-18)19-12-8-5-9-13-19/h4-13,20,26H,14-15H2,1-3H3,(H,25,27). The molecular weight excluding hydrogens is 364 g/mol. The third kappa shape index (κ3) is 4.57. The van der Waals surface area contributed by atoms with Gasteiger partial charge in [0.2, 0.25) is 0 Å². The number of ether oxygens (including phenoxy) is 1. The lowest BCUT2D eigenvalue weighted by molar-refractivity contribution is 0.0599. The minimum atomic E-state index is -0.441. The first-order valence-corrected chi connectivity index (χ1v) is 9.68.